The fourth-order valence-electron chi connectivity index (χ4n) is 1.30. The van der Waals surface area contributed by atoms with E-state index in [9.17, 15) is 14.0 Å². The average Bonchev–Trinajstić information content (AvgIpc) is 2.26. The first-order valence-corrected chi connectivity index (χ1v) is 5.07. The van der Waals surface area contributed by atoms with Crippen LogP contribution in [0, 0.1) is 5.82 Å². The molecule has 17 heavy (non-hydrogen) atoms. The Hall–Kier alpha value is -1.95. The van der Waals surface area contributed by atoms with Gasteiger partial charge in [0.25, 0.3) is 0 Å². The highest BCUT2D eigenvalue weighted by Gasteiger charge is 2.08. The van der Waals surface area contributed by atoms with Gasteiger partial charge >= 0.3 is 6.03 Å². The van der Waals surface area contributed by atoms with Crippen molar-refractivity contribution in [2.24, 2.45) is 5.73 Å². The SMILES string of the molecule is C[C@H](NCC(=O)NC(N)=O)c1ccc(F)cc1. The molecule has 0 fully saturated rings. The third-order valence-corrected chi connectivity index (χ3v) is 2.20. The van der Waals surface area contributed by atoms with E-state index in [1.54, 1.807) is 12.1 Å². The van der Waals surface area contributed by atoms with Gasteiger partial charge in [0.05, 0.1) is 6.54 Å². The molecular weight excluding hydrogens is 225 g/mol. The number of benzene rings is 1. The second-order valence-electron chi connectivity index (χ2n) is 3.57. The Kier molecular flexibility index (Phi) is 4.59. The smallest absolute Gasteiger partial charge is 0.318 e. The first-order chi connectivity index (χ1) is 7.99. The number of imide groups is 1. The predicted octanol–water partition coefficient (Wildman–Crippen LogP) is 0.671. The van der Waals surface area contributed by atoms with E-state index in [2.05, 4.69) is 5.32 Å². The van der Waals surface area contributed by atoms with Crippen LogP contribution in [0.4, 0.5) is 9.18 Å². The monoisotopic (exact) mass is 239 g/mol. The van der Waals surface area contributed by atoms with E-state index in [1.165, 1.54) is 12.1 Å². The minimum Gasteiger partial charge on any atom is -0.351 e. The molecule has 0 aliphatic heterocycles. The number of urea groups is 1. The number of nitrogens with one attached hydrogen (secondary N) is 2. The molecule has 0 saturated heterocycles. The van der Waals surface area contributed by atoms with Crippen molar-refractivity contribution in [3.8, 4) is 0 Å². The third kappa shape index (κ3) is 4.60. The molecule has 0 heterocycles. The van der Waals surface area contributed by atoms with Crippen molar-refractivity contribution >= 4 is 11.9 Å². The molecule has 0 radical (unpaired) electrons. The molecule has 0 aliphatic rings. The van der Waals surface area contributed by atoms with Gasteiger partial charge in [0, 0.05) is 6.04 Å². The standard InChI is InChI=1S/C11H14FN3O2/c1-7(8-2-4-9(12)5-3-8)14-6-10(16)15-11(13)17/h2-5,7,14H,6H2,1H3,(H3,13,15,16,17)/t7-/m0/s1. The lowest BCUT2D eigenvalue weighted by Crippen LogP contribution is -2.41. The molecule has 4 N–H and O–H groups in total. The molecule has 1 aromatic carbocycles. The Balaban J connectivity index is 2.44. The summed E-state index contributed by atoms with van der Waals surface area (Å²) in [5, 5.41) is 4.82. The maximum absolute atomic E-state index is 12.7. The number of nitrogens with two attached hydrogens (primary N) is 1. The van der Waals surface area contributed by atoms with Gasteiger partial charge in [-0.3, -0.25) is 10.1 Å². The molecule has 6 heteroatoms. The van der Waals surface area contributed by atoms with Crippen molar-refractivity contribution < 1.29 is 14.0 Å². The van der Waals surface area contributed by atoms with Gasteiger partial charge in [-0.15, -0.1) is 0 Å². The van der Waals surface area contributed by atoms with Crippen LogP contribution in [0.2, 0.25) is 0 Å². The summed E-state index contributed by atoms with van der Waals surface area (Å²) in [5.41, 5.74) is 5.63. The molecule has 92 valence electrons. The number of carbonyl (C=O) groups is 2. The van der Waals surface area contributed by atoms with Crippen molar-refractivity contribution in [2.75, 3.05) is 6.54 Å². The zero-order valence-electron chi connectivity index (χ0n) is 9.37. The van der Waals surface area contributed by atoms with E-state index >= 15 is 0 Å². The van der Waals surface area contributed by atoms with Crippen molar-refractivity contribution in [3.63, 3.8) is 0 Å². The van der Waals surface area contributed by atoms with Gasteiger partial charge in [0.2, 0.25) is 5.91 Å². The molecule has 0 aliphatic carbocycles. The van der Waals surface area contributed by atoms with Crippen LogP contribution in [-0.4, -0.2) is 18.5 Å². The Labute approximate surface area is 98.2 Å². The molecule has 0 bridgehead atoms. The molecule has 5 nitrogen and oxygen atoms in total. The lowest BCUT2D eigenvalue weighted by molar-refractivity contribution is -0.119. The van der Waals surface area contributed by atoms with Crippen LogP contribution in [0.5, 0.6) is 0 Å². The van der Waals surface area contributed by atoms with Gasteiger partial charge in [0.1, 0.15) is 5.82 Å². The average molecular weight is 239 g/mol. The zero-order valence-corrected chi connectivity index (χ0v) is 9.37. The number of carbonyl (C=O) groups excluding carboxylic acids is 2. The van der Waals surface area contributed by atoms with Crippen molar-refractivity contribution in [2.45, 2.75) is 13.0 Å². The van der Waals surface area contributed by atoms with E-state index in [0.29, 0.717) is 0 Å². The quantitative estimate of drug-likeness (QED) is 0.722. The van der Waals surface area contributed by atoms with Gasteiger partial charge in [-0.1, -0.05) is 12.1 Å². The van der Waals surface area contributed by atoms with Gasteiger partial charge in [-0.25, -0.2) is 9.18 Å². The molecule has 0 aromatic heterocycles. The van der Waals surface area contributed by atoms with E-state index in [-0.39, 0.29) is 18.4 Å². The lowest BCUT2D eigenvalue weighted by atomic mass is 10.1. The normalized spacial score (nSPS) is 11.9. The lowest BCUT2D eigenvalue weighted by Gasteiger charge is -2.13. The van der Waals surface area contributed by atoms with Gasteiger partial charge in [-0.05, 0) is 24.6 Å². The van der Waals surface area contributed by atoms with Gasteiger partial charge in [-0.2, -0.15) is 0 Å². The van der Waals surface area contributed by atoms with Crippen molar-refractivity contribution in [1.29, 1.82) is 0 Å². The maximum atomic E-state index is 12.7. The molecule has 0 unspecified atom stereocenters. The fraction of sp³-hybridized carbons (Fsp3) is 0.273. The van der Waals surface area contributed by atoms with Gasteiger partial charge < -0.3 is 11.1 Å². The van der Waals surface area contributed by atoms with Crippen LogP contribution < -0.4 is 16.4 Å². The summed E-state index contributed by atoms with van der Waals surface area (Å²) >= 11 is 0. The zero-order chi connectivity index (χ0) is 12.8. The van der Waals surface area contributed by atoms with Crippen LogP contribution in [-0.2, 0) is 4.79 Å². The van der Waals surface area contributed by atoms with Gasteiger partial charge in [0.15, 0.2) is 0 Å². The molecule has 0 saturated carbocycles. The summed E-state index contributed by atoms with van der Waals surface area (Å²) in [6, 6.07) is 4.92. The van der Waals surface area contributed by atoms with Crippen LogP contribution in [0.25, 0.3) is 0 Å². The first kappa shape index (κ1) is 13.1. The Morgan fingerprint density at radius 2 is 1.94 bits per heavy atom. The summed E-state index contributed by atoms with van der Waals surface area (Å²) in [5.74, 6) is -0.820. The molecule has 0 spiro atoms. The maximum Gasteiger partial charge on any atom is 0.318 e. The Morgan fingerprint density at radius 1 is 1.35 bits per heavy atom. The highest BCUT2D eigenvalue weighted by atomic mass is 19.1. The number of hydrogen-bond acceptors (Lipinski definition) is 3. The highest BCUT2D eigenvalue weighted by Crippen LogP contribution is 2.12. The molecule has 1 atom stereocenters. The van der Waals surface area contributed by atoms with Crippen LogP contribution >= 0.6 is 0 Å². The predicted molar refractivity (Wildman–Crippen MR) is 60.5 cm³/mol. The second kappa shape index (κ2) is 5.95. The number of hydrogen-bond donors (Lipinski definition) is 3. The minimum absolute atomic E-state index is 0.0402. The topological polar surface area (TPSA) is 84.2 Å². The van der Waals surface area contributed by atoms with Crippen LogP contribution in [0.3, 0.4) is 0 Å². The fourth-order valence-corrected chi connectivity index (χ4v) is 1.30. The number of primary amides is 1. The highest BCUT2D eigenvalue weighted by molar-refractivity contribution is 5.94. The minimum atomic E-state index is -0.883. The number of amides is 3. The van der Waals surface area contributed by atoms with Crippen molar-refractivity contribution in [1.82, 2.24) is 10.6 Å². The largest absolute Gasteiger partial charge is 0.351 e. The molecule has 1 rings (SSSR count). The first-order valence-electron chi connectivity index (χ1n) is 5.07. The number of rotatable bonds is 4. The Bertz CT molecular complexity index is 406. The molecule has 3 amide bonds. The molecule has 1 aromatic rings. The van der Waals surface area contributed by atoms with E-state index in [1.807, 2.05) is 12.2 Å². The van der Waals surface area contributed by atoms with E-state index < -0.39 is 11.9 Å². The summed E-state index contributed by atoms with van der Waals surface area (Å²) in [4.78, 5) is 21.5. The van der Waals surface area contributed by atoms with E-state index in [4.69, 9.17) is 5.73 Å². The third-order valence-electron chi connectivity index (χ3n) is 2.20. The summed E-state index contributed by atoms with van der Waals surface area (Å²) in [6.07, 6.45) is 0. The molecular formula is C11H14FN3O2. The summed E-state index contributed by atoms with van der Waals surface area (Å²) in [6.45, 7) is 1.78. The van der Waals surface area contributed by atoms with Crippen molar-refractivity contribution in [3.05, 3.63) is 35.6 Å². The number of halogens is 1. The van der Waals surface area contributed by atoms with Crippen LogP contribution in [0.1, 0.15) is 18.5 Å². The summed E-state index contributed by atoms with van der Waals surface area (Å²) in [7, 11) is 0. The van der Waals surface area contributed by atoms with E-state index in [0.717, 1.165) is 5.56 Å². The van der Waals surface area contributed by atoms with Crippen LogP contribution in [0.15, 0.2) is 24.3 Å². The summed E-state index contributed by atoms with van der Waals surface area (Å²) < 4.78 is 12.7. The Morgan fingerprint density at radius 3 is 2.47 bits per heavy atom. The second-order valence-corrected chi connectivity index (χ2v) is 3.57.